The fourth-order valence-corrected chi connectivity index (χ4v) is 4.67. The average molecular weight is 371 g/mol. The van der Waals surface area contributed by atoms with Crippen LogP contribution in [0.5, 0.6) is 0 Å². The Hall–Kier alpha value is -2.14. The fraction of sp³-hybridized carbons (Fsp3) is 0.429. The maximum Gasteiger partial charge on any atom is 0.246 e. The fourth-order valence-electron chi connectivity index (χ4n) is 3.70. The smallest absolute Gasteiger partial charge is 0.246 e. The Kier molecular flexibility index (Phi) is 6.09. The molecule has 0 saturated carbocycles. The standard InChI is InChI=1S/C21H26N2O2S/c1-3-20(24)22(4-2)14-21(25)23-11-7-8-16(13-23)12-17-15-26-19-10-6-5-9-18(17)19/h3,5-6,9-10,15-16H,1,4,7-8,11-14H2,2H3. The summed E-state index contributed by atoms with van der Waals surface area (Å²) in [4.78, 5) is 27.9. The van der Waals surface area contributed by atoms with Gasteiger partial charge in [0, 0.05) is 24.3 Å². The zero-order chi connectivity index (χ0) is 18.5. The number of piperidine rings is 1. The van der Waals surface area contributed by atoms with E-state index < -0.39 is 0 Å². The van der Waals surface area contributed by atoms with E-state index in [9.17, 15) is 9.59 Å². The largest absolute Gasteiger partial charge is 0.341 e. The molecule has 0 N–H and O–H groups in total. The number of amides is 2. The Bertz CT molecular complexity index is 798. The lowest BCUT2D eigenvalue weighted by molar-refractivity contribution is -0.139. The van der Waals surface area contributed by atoms with Crippen LogP contribution in [0.25, 0.3) is 10.1 Å². The van der Waals surface area contributed by atoms with Crippen LogP contribution in [0.1, 0.15) is 25.3 Å². The number of rotatable bonds is 6. The number of fused-ring (bicyclic) bond motifs is 1. The third-order valence-electron chi connectivity index (χ3n) is 5.14. The third-order valence-corrected chi connectivity index (χ3v) is 6.15. The van der Waals surface area contributed by atoms with Crippen LogP contribution in [0.3, 0.4) is 0 Å². The van der Waals surface area contributed by atoms with Crippen LogP contribution in [0.15, 0.2) is 42.3 Å². The number of likely N-dealkylation sites (tertiary alicyclic amines) is 1. The van der Waals surface area contributed by atoms with Gasteiger partial charge in [-0.25, -0.2) is 0 Å². The number of nitrogens with zero attached hydrogens (tertiary/aromatic N) is 2. The SMILES string of the molecule is C=CC(=O)N(CC)CC(=O)N1CCCC(Cc2csc3ccccc23)C1. The van der Waals surface area contributed by atoms with Crippen molar-refractivity contribution in [3.63, 3.8) is 0 Å². The molecule has 0 aliphatic carbocycles. The van der Waals surface area contributed by atoms with E-state index >= 15 is 0 Å². The Balaban J connectivity index is 1.62. The van der Waals surface area contributed by atoms with E-state index in [0.717, 1.165) is 32.4 Å². The van der Waals surface area contributed by atoms with E-state index in [4.69, 9.17) is 0 Å². The lowest BCUT2D eigenvalue weighted by Gasteiger charge is -2.34. The maximum atomic E-state index is 12.6. The van der Waals surface area contributed by atoms with Gasteiger partial charge in [0.25, 0.3) is 0 Å². The number of thiophene rings is 1. The molecule has 1 aliphatic heterocycles. The van der Waals surface area contributed by atoms with Gasteiger partial charge in [0.15, 0.2) is 0 Å². The zero-order valence-electron chi connectivity index (χ0n) is 15.3. The highest BCUT2D eigenvalue weighted by Gasteiger charge is 2.26. The molecule has 138 valence electrons. The van der Waals surface area contributed by atoms with E-state index in [2.05, 4.69) is 36.2 Å². The van der Waals surface area contributed by atoms with Crippen molar-refractivity contribution in [1.29, 1.82) is 0 Å². The third kappa shape index (κ3) is 4.15. The van der Waals surface area contributed by atoms with Crippen molar-refractivity contribution in [2.45, 2.75) is 26.2 Å². The second-order valence-electron chi connectivity index (χ2n) is 6.87. The molecule has 1 aliphatic rings. The van der Waals surface area contributed by atoms with Gasteiger partial charge in [-0.3, -0.25) is 9.59 Å². The lowest BCUT2D eigenvalue weighted by atomic mass is 9.91. The van der Waals surface area contributed by atoms with Crippen LogP contribution in [0.4, 0.5) is 0 Å². The number of benzene rings is 1. The molecule has 0 bridgehead atoms. The zero-order valence-corrected chi connectivity index (χ0v) is 16.1. The molecule has 1 fully saturated rings. The van der Waals surface area contributed by atoms with Crippen LogP contribution in [0, 0.1) is 5.92 Å². The molecule has 0 spiro atoms. The van der Waals surface area contributed by atoms with Gasteiger partial charge in [0.2, 0.25) is 11.8 Å². The second kappa shape index (κ2) is 8.49. The molecule has 3 rings (SSSR count). The van der Waals surface area contributed by atoms with Crippen LogP contribution in [-0.4, -0.2) is 47.8 Å². The highest BCUT2D eigenvalue weighted by molar-refractivity contribution is 7.17. The molecule has 4 nitrogen and oxygen atoms in total. The first-order valence-electron chi connectivity index (χ1n) is 9.26. The molecule has 0 radical (unpaired) electrons. The van der Waals surface area contributed by atoms with E-state index in [1.807, 2.05) is 11.8 Å². The van der Waals surface area contributed by atoms with Gasteiger partial charge in [0.1, 0.15) is 0 Å². The van der Waals surface area contributed by atoms with Crippen LogP contribution in [0.2, 0.25) is 0 Å². The van der Waals surface area contributed by atoms with Crippen molar-refractivity contribution in [3.05, 3.63) is 47.9 Å². The minimum Gasteiger partial charge on any atom is -0.341 e. The number of likely N-dealkylation sites (N-methyl/N-ethyl adjacent to an activating group) is 1. The molecule has 26 heavy (non-hydrogen) atoms. The summed E-state index contributed by atoms with van der Waals surface area (Å²) in [5, 5.41) is 3.60. The molecule has 5 heteroatoms. The van der Waals surface area contributed by atoms with Crippen LogP contribution in [-0.2, 0) is 16.0 Å². The summed E-state index contributed by atoms with van der Waals surface area (Å²) >= 11 is 1.79. The van der Waals surface area contributed by atoms with Crippen molar-refractivity contribution in [3.8, 4) is 0 Å². The van der Waals surface area contributed by atoms with Gasteiger partial charge in [-0.1, -0.05) is 24.8 Å². The highest BCUT2D eigenvalue weighted by Crippen LogP contribution is 2.30. The number of carbonyl (C=O) groups is 2. The lowest BCUT2D eigenvalue weighted by Crippen LogP contribution is -2.46. The Morgan fingerprint density at radius 1 is 1.38 bits per heavy atom. The molecule has 1 atom stereocenters. The summed E-state index contributed by atoms with van der Waals surface area (Å²) in [7, 11) is 0. The number of carbonyl (C=O) groups excluding carboxylic acids is 2. The normalized spacial score (nSPS) is 17.3. The van der Waals surface area contributed by atoms with Gasteiger partial charge in [0.05, 0.1) is 6.54 Å². The van der Waals surface area contributed by atoms with Crippen LogP contribution < -0.4 is 0 Å². The topological polar surface area (TPSA) is 40.6 Å². The van der Waals surface area contributed by atoms with Crippen LogP contribution >= 0.6 is 11.3 Å². The summed E-state index contributed by atoms with van der Waals surface area (Å²) < 4.78 is 1.33. The van der Waals surface area contributed by atoms with Gasteiger partial charge in [-0.15, -0.1) is 11.3 Å². The first kappa shape index (κ1) is 18.6. The molecule has 1 aromatic heterocycles. The molecule has 2 aromatic rings. The van der Waals surface area contributed by atoms with Crippen molar-refractivity contribution in [2.75, 3.05) is 26.2 Å². The first-order valence-corrected chi connectivity index (χ1v) is 10.1. The first-order chi connectivity index (χ1) is 12.6. The maximum absolute atomic E-state index is 12.6. The summed E-state index contributed by atoms with van der Waals surface area (Å²) in [6.07, 6.45) is 4.46. The summed E-state index contributed by atoms with van der Waals surface area (Å²) in [5.41, 5.74) is 1.39. The Labute approximate surface area is 159 Å². The van der Waals surface area contributed by atoms with Crippen molar-refractivity contribution in [2.24, 2.45) is 5.92 Å². The van der Waals surface area contributed by atoms with Crippen molar-refractivity contribution in [1.82, 2.24) is 9.80 Å². The molecular weight excluding hydrogens is 344 g/mol. The minimum absolute atomic E-state index is 0.0435. The predicted molar refractivity (Wildman–Crippen MR) is 107 cm³/mol. The van der Waals surface area contributed by atoms with E-state index in [1.165, 1.54) is 21.7 Å². The van der Waals surface area contributed by atoms with E-state index in [1.54, 1.807) is 16.2 Å². The Morgan fingerprint density at radius 3 is 2.96 bits per heavy atom. The van der Waals surface area contributed by atoms with E-state index in [-0.39, 0.29) is 18.4 Å². The highest BCUT2D eigenvalue weighted by atomic mass is 32.1. The molecule has 1 aromatic carbocycles. The van der Waals surface area contributed by atoms with Gasteiger partial charge < -0.3 is 9.80 Å². The van der Waals surface area contributed by atoms with E-state index in [0.29, 0.717) is 12.5 Å². The quantitative estimate of drug-likeness (QED) is 0.727. The second-order valence-corrected chi connectivity index (χ2v) is 7.78. The molecule has 1 saturated heterocycles. The summed E-state index contributed by atoms with van der Waals surface area (Å²) in [6.45, 7) is 7.64. The van der Waals surface area contributed by atoms with Gasteiger partial charge in [-0.05, 0) is 60.6 Å². The molecule has 2 amide bonds. The summed E-state index contributed by atoms with van der Waals surface area (Å²) in [5.74, 6) is 0.344. The molecular formula is C21H26N2O2S. The molecule has 2 heterocycles. The van der Waals surface area contributed by atoms with Crippen molar-refractivity contribution >= 4 is 33.2 Å². The Morgan fingerprint density at radius 2 is 2.19 bits per heavy atom. The van der Waals surface area contributed by atoms with Gasteiger partial charge in [-0.2, -0.15) is 0 Å². The van der Waals surface area contributed by atoms with Crippen molar-refractivity contribution < 1.29 is 9.59 Å². The monoisotopic (exact) mass is 370 g/mol. The average Bonchev–Trinajstić information content (AvgIpc) is 3.08. The summed E-state index contributed by atoms with van der Waals surface area (Å²) in [6, 6.07) is 8.52. The molecule has 1 unspecified atom stereocenters. The predicted octanol–water partition coefficient (Wildman–Crippen LogP) is 3.72. The number of hydrogen-bond acceptors (Lipinski definition) is 3. The van der Waals surface area contributed by atoms with Gasteiger partial charge >= 0.3 is 0 Å². The minimum atomic E-state index is -0.181. The number of hydrogen-bond donors (Lipinski definition) is 0.